The highest BCUT2D eigenvalue weighted by Crippen LogP contribution is 2.40. The number of sulfonamides is 1. The van der Waals surface area contributed by atoms with Crippen molar-refractivity contribution in [2.75, 3.05) is 6.54 Å². The summed E-state index contributed by atoms with van der Waals surface area (Å²) in [5.41, 5.74) is 6.55. The highest BCUT2D eigenvalue weighted by atomic mass is 35.5. The van der Waals surface area contributed by atoms with E-state index in [1.165, 1.54) is 24.6 Å². The summed E-state index contributed by atoms with van der Waals surface area (Å²) in [7, 11) is -3.87. The first-order valence-corrected chi connectivity index (χ1v) is 11.0. The number of nitrogens with two attached hydrogens (primary N) is 1. The molecule has 0 spiro atoms. The number of halogens is 1. The topological polar surface area (TPSA) is 110 Å². The first-order valence-electron chi connectivity index (χ1n) is 9.60. The Balaban J connectivity index is 0.00000225. The lowest BCUT2D eigenvalue weighted by molar-refractivity contribution is 0.0755. The van der Waals surface area contributed by atoms with Gasteiger partial charge >= 0.3 is 0 Å². The lowest BCUT2D eigenvalue weighted by Crippen LogP contribution is -2.53. The molecule has 2 aliphatic carbocycles. The van der Waals surface area contributed by atoms with E-state index in [9.17, 15) is 18.0 Å². The highest BCUT2D eigenvalue weighted by molar-refractivity contribution is 7.90. The molecule has 0 saturated heterocycles. The molecule has 1 aromatic rings. The van der Waals surface area contributed by atoms with Crippen LogP contribution in [0.3, 0.4) is 0 Å². The second-order valence-electron chi connectivity index (χ2n) is 7.87. The summed E-state index contributed by atoms with van der Waals surface area (Å²) >= 11 is 0. The quantitative estimate of drug-likeness (QED) is 0.765. The van der Waals surface area contributed by atoms with Gasteiger partial charge in [-0.3, -0.25) is 9.59 Å². The molecule has 0 radical (unpaired) electrons. The third-order valence-electron chi connectivity index (χ3n) is 6.23. The Bertz CT molecular complexity index is 890. The maximum absolute atomic E-state index is 12.8. The molecule has 1 aromatic carbocycles. The van der Waals surface area contributed by atoms with Crippen LogP contribution < -0.4 is 11.1 Å². The molecular weight excluding hydrogens is 402 g/mol. The van der Waals surface area contributed by atoms with E-state index in [0.717, 1.165) is 30.0 Å². The van der Waals surface area contributed by atoms with Crippen molar-refractivity contribution in [1.29, 1.82) is 0 Å². The van der Waals surface area contributed by atoms with Gasteiger partial charge in [0, 0.05) is 24.2 Å². The molecule has 2 fully saturated rings. The van der Waals surface area contributed by atoms with Crippen LogP contribution in [0.2, 0.25) is 0 Å². The molecule has 9 heteroatoms. The maximum atomic E-state index is 12.8. The normalized spacial score (nSPS) is 30.4. The number of carbonyl (C=O) groups is 2. The molecule has 0 aromatic heterocycles. The fourth-order valence-corrected chi connectivity index (χ4v) is 6.59. The average molecular weight is 428 g/mol. The second kappa shape index (κ2) is 7.65. The number of amides is 2. The van der Waals surface area contributed by atoms with Crippen LogP contribution in [0.1, 0.15) is 59.7 Å². The van der Waals surface area contributed by atoms with Gasteiger partial charge in [-0.25, -0.2) is 12.7 Å². The van der Waals surface area contributed by atoms with Crippen LogP contribution in [-0.4, -0.2) is 43.2 Å². The number of nitrogens with one attached hydrogen (secondary N) is 1. The van der Waals surface area contributed by atoms with Crippen molar-refractivity contribution < 1.29 is 18.0 Å². The average Bonchev–Trinajstić information content (AvgIpc) is 2.81. The Labute approximate surface area is 171 Å². The zero-order valence-corrected chi connectivity index (χ0v) is 17.4. The predicted octanol–water partition coefficient (Wildman–Crippen LogP) is 1.91. The van der Waals surface area contributed by atoms with Gasteiger partial charge in [-0.15, -0.1) is 12.4 Å². The van der Waals surface area contributed by atoms with E-state index in [1.807, 2.05) is 0 Å². The summed E-state index contributed by atoms with van der Waals surface area (Å²) in [6.45, 7) is 1.69. The minimum atomic E-state index is -3.87. The second-order valence-corrected chi connectivity index (χ2v) is 9.70. The number of benzene rings is 1. The molecule has 3 N–H and O–H groups in total. The van der Waals surface area contributed by atoms with Crippen LogP contribution in [0.25, 0.3) is 0 Å². The number of carbonyl (C=O) groups excluding carboxylic acids is 2. The van der Waals surface area contributed by atoms with Crippen molar-refractivity contribution in [3.63, 3.8) is 0 Å². The third kappa shape index (κ3) is 3.31. The van der Waals surface area contributed by atoms with Gasteiger partial charge in [0.25, 0.3) is 21.8 Å². The van der Waals surface area contributed by atoms with Crippen LogP contribution in [-0.2, 0) is 10.0 Å². The molecule has 7 nitrogen and oxygen atoms in total. The van der Waals surface area contributed by atoms with Crippen molar-refractivity contribution in [1.82, 2.24) is 9.62 Å². The Kier molecular flexibility index (Phi) is 5.76. The Hall–Kier alpha value is -1.64. The minimum Gasteiger partial charge on any atom is -0.349 e. The van der Waals surface area contributed by atoms with Crippen LogP contribution >= 0.6 is 12.4 Å². The van der Waals surface area contributed by atoms with E-state index in [4.69, 9.17) is 5.73 Å². The summed E-state index contributed by atoms with van der Waals surface area (Å²) in [5, 5.41) is 3.12. The van der Waals surface area contributed by atoms with E-state index in [0.29, 0.717) is 11.8 Å². The van der Waals surface area contributed by atoms with Crippen molar-refractivity contribution in [3.05, 3.63) is 29.3 Å². The van der Waals surface area contributed by atoms with Gasteiger partial charge < -0.3 is 11.1 Å². The monoisotopic (exact) mass is 427 g/mol. The number of hydrogen-bond acceptors (Lipinski definition) is 5. The zero-order valence-electron chi connectivity index (χ0n) is 15.8. The van der Waals surface area contributed by atoms with E-state index in [2.05, 4.69) is 5.32 Å². The molecule has 2 bridgehead atoms. The molecule has 1 aliphatic heterocycles. The summed E-state index contributed by atoms with van der Waals surface area (Å²) in [4.78, 5) is 25.0. The van der Waals surface area contributed by atoms with Gasteiger partial charge in [0.15, 0.2) is 0 Å². The summed E-state index contributed by atoms with van der Waals surface area (Å²) < 4.78 is 25.9. The largest absolute Gasteiger partial charge is 0.349 e. The predicted molar refractivity (Wildman–Crippen MR) is 107 cm³/mol. The van der Waals surface area contributed by atoms with E-state index in [1.54, 1.807) is 6.92 Å². The first kappa shape index (κ1) is 21.1. The number of rotatable bonds is 3. The number of hydrogen-bond donors (Lipinski definition) is 2. The molecule has 1 heterocycles. The molecule has 2 unspecified atom stereocenters. The fraction of sp³-hybridized carbons (Fsp3) is 0.579. The first-order chi connectivity index (χ1) is 12.8. The van der Waals surface area contributed by atoms with Crippen molar-refractivity contribution in [2.45, 2.75) is 56.0 Å². The Morgan fingerprint density at radius 2 is 1.89 bits per heavy atom. The molecule has 2 saturated carbocycles. The van der Waals surface area contributed by atoms with Crippen LogP contribution in [0, 0.1) is 11.8 Å². The van der Waals surface area contributed by atoms with Gasteiger partial charge in [0.1, 0.15) is 4.90 Å². The zero-order chi connectivity index (χ0) is 19.3. The molecule has 3 aliphatic rings. The van der Waals surface area contributed by atoms with Crippen molar-refractivity contribution in [2.24, 2.45) is 17.6 Å². The standard InChI is InChI=1S/C19H25N3O4S.ClH/c1-2-22-19(24)15-7-6-13(10-16(15)27(22,25)26)18(23)21-17-11-4-3-5-12(17)9-14(20)8-11;/h6-7,10-12,14,17H,2-5,8-9,20H2,1H3,(H,21,23);1H. The summed E-state index contributed by atoms with van der Waals surface area (Å²) in [6.07, 6.45) is 5.13. The SMILES string of the molecule is CCN1C(=O)c2ccc(C(=O)NC3C4CCCC3CC(N)C4)cc2S1(=O)=O.Cl. The van der Waals surface area contributed by atoms with E-state index < -0.39 is 15.9 Å². The van der Waals surface area contributed by atoms with Gasteiger partial charge in [-0.1, -0.05) is 6.42 Å². The van der Waals surface area contributed by atoms with Crippen molar-refractivity contribution in [3.8, 4) is 0 Å². The van der Waals surface area contributed by atoms with E-state index >= 15 is 0 Å². The third-order valence-corrected chi connectivity index (χ3v) is 8.13. The molecule has 2 amide bonds. The van der Waals surface area contributed by atoms with Gasteiger partial charge in [0.05, 0.1) is 5.56 Å². The molecule has 154 valence electrons. The minimum absolute atomic E-state index is 0. The fourth-order valence-electron chi connectivity index (χ4n) is 4.99. The summed E-state index contributed by atoms with van der Waals surface area (Å²) in [5.74, 6) is -0.0541. The lowest BCUT2D eigenvalue weighted by Gasteiger charge is -2.45. The summed E-state index contributed by atoms with van der Waals surface area (Å²) in [6, 6.07) is 4.59. The van der Waals surface area contributed by atoms with Gasteiger partial charge in [-0.05, 0) is 62.6 Å². The molecule has 4 rings (SSSR count). The molecule has 28 heavy (non-hydrogen) atoms. The highest BCUT2D eigenvalue weighted by Gasteiger charge is 2.42. The smallest absolute Gasteiger partial charge is 0.268 e. The Morgan fingerprint density at radius 1 is 1.25 bits per heavy atom. The van der Waals surface area contributed by atoms with Gasteiger partial charge in [-0.2, -0.15) is 0 Å². The van der Waals surface area contributed by atoms with Gasteiger partial charge in [0.2, 0.25) is 0 Å². The van der Waals surface area contributed by atoms with Crippen LogP contribution in [0.5, 0.6) is 0 Å². The molecule has 2 atom stereocenters. The lowest BCUT2D eigenvalue weighted by atomic mass is 9.67. The maximum Gasteiger partial charge on any atom is 0.268 e. The van der Waals surface area contributed by atoms with Crippen molar-refractivity contribution >= 4 is 34.2 Å². The van der Waals surface area contributed by atoms with Crippen LogP contribution in [0.4, 0.5) is 0 Å². The van der Waals surface area contributed by atoms with E-state index in [-0.39, 0.29) is 53.0 Å². The Morgan fingerprint density at radius 3 is 2.50 bits per heavy atom. The van der Waals surface area contributed by atoms with Crippen LogP contribution in [0.15, 0.2) is 23.1 Å². The number of nitrogens with zero attached hydrogens (tertiary/aromatic N) is 1. The number of fused-ring (bicyclic) bond motifs is 3. The molecular formula is C19H26ClN3O4S.